The van der Waals surface area contributed by atoms with Gasteiger partial charge in [-0.05, 0) is 75.2 Å². The van der Waals surface area contributed by atoms with Crippen LogP contribution < -0.4 is 45.2 Å². The van der Waals surface area contributed by atoms with Crippen molar-refractivity contribution in [1.29, 1.82) is 0 Å². The number of hydrogen-bond donors (Lipinski definition) is 8. The number of hydrogen-bond acceptors (Lipinski definition) is 17. The van der Waals surface area contributed by atoms with Crippen molar-refractivity contribution in [3.8, 4) is 0 Å². The van der Waals surface area contributed by atoms with Gasteiger partial charge in [0.05, 0.1) is 35.2 Å². The van der Waals surface area contributed by atoms with E-state index in [1.54, 1.807) is 6.08 Å². The second-order valence-corrected chi connectivity index (χ2v) is 23.3. The first-order valence-corrected chi connectivity index (χ1v) is 28.0. The molecule has 3 aliphatic carbocycles. The highest BCUT2D eigenvalue weighted by Gasteiger charge is 2.63. The molecule has 0 amide bonds. The standard InChI is InChI=1S/C14H19ClN2O3.C13H17ClN2O3.C12H16ClN3O4.C12H15ClN2O5/c1-3-14(9-4-5-9)8(2)11(15)12(20-14)17-7-6-10(18)16-13(17)19;1-4-13(5-2)8(3)10(14)11(19-13)16-7-6-9(17)15-12(16)18;13-8-9(18)12(5-17,6-1-2-6)20-10(8)16-4-3-7(14)15-11(16)19;13-8-9(18)12(5-16,6-1-2-6)20-10(8)15-4-3-7(17)14-11(15)19/h6-9,11-12H,3-5H2,1-2H3,(H,16,18,19);4,6-8,10-11H,1,5H2,2-3H3,(H,15,17,18);3-4,6,8-10,17-18H,1-2,5H2,(H2,14,15,19);3-4,6,8-10,16,18H,1-2,5H2,(H,14,17,19)/t8-,11+,12+,14+;8-,10+,11+,13+;2*8-,9+,10-,12+/m0011/s1. The maximum Gasteiger partial charge on any atom is 0.351 e. The minimum absolute atomic E-state index is 0.0143. The lowest BCUT2D eigenvalue weighted by molar-refractivity contribution is -0.141. The predicted molar refractivity (Wildman–Crippen MR) is 290 cm³/mol. The van der Waals surface area contributed by atoms with Gasteiger partial charge in [-0.25, -0.2) is 19.2 Å². The second kappa shape index (κ2) is 23.6. The quantitative estimate of drug-likeness (QED) is 0.0744. The monoisotopic (exact) mass is 1190 g/mol. The van der Waals surface area contributed by atoms with Crippen molar-refractivity contribution in [2.24, 2.45) is 29.6 Å². The summed E-state index contributed by atoms with van der Waals surface area (Å²) in [5.41, 5.74) is -1.21. The van der Waals surface area contributed by atoms with E-state index in [4.69, 9.17) is 71.1 Å². The molecule has 24 nitrogen and oxygen atoms in total. The molecule has 4 aliphatic heterocycles. The first kappa shape index (κ1) is 60.4. The summed E-state index contributed by atoms with van der Waals surface area (Å²) in [5, 5.41) is 37.5. The van der Waals surface area contributed by atoms with Crippen LogP contribution in [0.3, 0.4) is 0 Å². The van der Waals surface area contributed by atoms with Gasteiger partial charge in [0.25, 0.3) is 16.7 Å². The van der Waals surface area contributed by atoms with Crippen molar-refractivity contribution >= 4 is 52.2 Å². The lowest BCUT2D eigenvalue weighted by Crippen LogP contribution is -2.47. The highest BCUT2D eigenvalue weighted by atomic mass is 35.5. The summed E-state index contributed by atoms with van der Waals surface area (Å²) in [6, 6.07) is 5.23. The van der Waals surface area contributed by atoms with Crippen LogP contribution in [0.1, 0.15) is 104 Å². The van der Waals surface area contributed by atoms with Gasteiger partial charge in [0, 0.05) is 54.8 Å². The summed E-state index contributed by atoms with van der Waals surface area (Å²) in [6.45, 7) is 11.3. The number of ether oxygens (including phenoxy) is 4. The lowest BCUT2D eigenvalue weighted by atomic mass is 9.82. The van der Waals surface area contributed by atoms with Crippen molar-refractivity contribution in [2.75, 3.05) is 18.9 Å². The number of rotatable bonds is 12. The molecule has 0 aromatic carbocycles. The third-order valence-electron chi connectivity index (χ3n) is 16.8. The van der Waals surface area contributed by atoms with Crippen LogP contribution in [0.4, 0.5) is 5.82 Å². The fourth-order valence-electron chi connectivity index (χ4n) is 11.6. The molecule has 8 heterocycles. The summed E-state index contributed by atoms with van der Waals surface area (Å²) in [6.07, 6.45) is 9.59. The highest BCUT2D eigenvalue weighted by molar-refractivity contribution is 6.22. The van der Waals surface area contributed by atoms with Gasteiger partial charge in [-0.3, -0.25) is 47.6 Å². The molecule has 79 heavy (non-hydrogen) atoms. The molecule has 4 aromatic heterocycles. The molecule has 7 aliphatic rings. The van der Waals surface area contributed by atoms with E-state index in [1.165, 1.54) is 62.8 Å². The molecule has 0 unspecified atom stereocenters. The molecular formula is C51H67Cl4N9O15. The Labute approximate surface area is 471 Å². The number of anilines is 1. The third kappa shape index (κ3) is 11.3. The van der Waals surface area contributed by atoms with E-state index in [1.807, 2.05) is 13.8 Å². The van der Waals surface area contributed by atoms with Crippen LogP contribution in [0.25, 0.3) is 0 Å². The largest absolute Gasteiger partial charge is 0.393 e. The number of nitrogens with two attached hydrogens (primary N) is 1. The Hall–Kier alpha value is -4.70. The van der Waals surface area contributed by atoms with Gasteiger partial charge in [0.15, 0.2) is 24.9 Å². The molecule has 0 bridgehead atoms. The third-order valence-corrected chi connectivity index (χ3v) is 18.9. The Morgan fingerprint density at radius 3 is 1.28 bits per heavy atom. The van der Waals surface area contributed by atoms with Crippen LogP contribution in [0.5, 0.6) is 0 Å². The SMILES string of the molecule is C=C[C@]1(CC)O[C@@H](n2ccc(=O)[nH]c2=O)[C@H](Cl)[C@@H]1C.CC[C@@]1(C2CC2)O[C@@H](n2ccc(=O)[nH]c2=O)[C@H](Cl)[C@@H]1C.Nc1ccn([C@@H]2O[C@@](CO)(C3CC3)[C@@H](O)[C@H]2Cl)c(=O)n1.O=c1ccn([C@@H]2O[C@@](CO)(C3CC3)[C@@H](O)[C@H]2Cl)c(=O)[nH]1. The van der Waals surface area contributed by atoms with Gasteiger partial charge in [0.1, 0.15) is 40.0 Å². The van der Waals surface area contributed by atoms with E-state index >= 15 is 0 Å². The number of nitrogens with zero attached hydrogens (tertiary/aromatic N) is 5. The summed E-state index contributed by atoms with van der Waals surface area (Å²) >= 11 is 25.3. The maximum atomic E-state index is 11.9. The van der Waals surface area contributed by atoms with Crippen molar-refractivity contribution in [3.63, 3.8) is 0 Å². The first-order chi connectivity index (χ1) is 37.4. The fraction of sp³-hybridized carbons (Fsp3) is 0.647. The van der Waals surface area contributed by atoms with Crippen molar-refractivity contribution in [3.05, 3.63) is 135 Å². The number of aromatic nitrogens is 8. The Kier molecular flexibility index (Phi) is 18.1. The number of halogens is 4. The summed E-state index contributed by atoms with van der Waals surface area (Å²) in [7, 11) is 0. The van der Waals surface area contributed by atoms with Gasteiger partial charge in [-0.1, -0.05) is 33.8 Å². The zero-order chi connectivity index (χ0) is 57.7. The molecule has 434 valence electrons. The van der Waals surface area contributed by atoms with E-state index in [0.29, 0.717) is 5.92 Å². The van der Waals surface area contributed by atoms with Crippen LogP contribution in [0.2, 0.25) is 0 Å². The Bertz CT molecular complexity index is 3160. The summed E-state index contributed by atoms with van der Waals surface area (Å²) in [4.78, 5) is 90.9. The molecule has 0 radical (unpaired) electrons. The van der Waals surface area contributed by atoms with Crippen LogP contribution in [0, 0.1) is 29.6 Å². The predicted octanol–water partition coefficient (Wildman–Crippen LogP) is 2.15. The zero-order valence-corrected chi connectivity index (χ0v) is 46.8. The van der Waals surface area contributed by atoms with E-state index in [9.17, 15) is 54.0 Å². The summed E-state index contributed by atoms with van der Waals surface area (Å²) in [5.74, 6) is 0.920. The van der Waals surface area contributed by atoms with Crippen molar-refractivity contribution in [1.82, 2.24) is 38.2 Å². The van der Waals surface area contributed by atoms with Gasteiger partial charge in [-0.2, -0.15) is 4.98 Å². The Balaban J connectivity index is 0.000000139. The average Bonchev–Trinajstić information content (AvgIpc) is 4.48. The van der Waals surface area contributed by atoms with Gasteiger partial charge < -0.3 is 45.1 Å². The number of nitrogen functional groups attached to an aromatic ring is 1. The number of aromatic amines is 3. The van der Waals surface area contributed by atoms with E-state index in [2.05, 4.69) is 40.4 Å². The number of alkyl halides is 4. The normalized spacial score (nSPS) is 36.6. The van der Waals surface area contributed by atoms with Crippen molar-refractivity contribution in [2.45, 2.75) is 160 Å². The molecule has 4 aromatic rings. The van der Waals surface area contributed by atoms with Gasteiger partial charge in [-0.15, -0.1) is 53.0 Å². The van der Waals surface area contributed by atoms with E-state index in [0.717, 1.165) is 55.9 Å². The van der Waals surface area contributed by atoms with Crippen LogP contribution >= 0.6 is 46.4 Å². The van der Waals surface area contributed by atoms with Crippen LogP contribution in [-0.2, 0) is 18.9 Å². The molecule has 3 saturated carbocycles. The smallest absolute Gasteiger partial charge is 0.351 e. The zero-order valence-electron chi connectivity index (χ0n) is 43.7. The fourth-order valence-corrected chi connectivity index (χ4v) is 13.1. The van der Waals surface area contributed by atoms with Crippen LogP contribution in [0.15, 0.2) is 95.3 Å². The van der Waals surface area contributed by atoms with Crippen LogP contribution in [-0.4, -0.2) is 128 Å². The molecule has 9 N–H and O–H groups in total. The number of aliphatic hydroxyl groups is 4. The molecule has 0 spiro atoms. The Morgan fingerprint density at radius 2 is 0.937 bits per heavy atom. The number of nitrogens with one attached hydrogen (secondary N) is 3. The molecule has 28 heteroatoms. The highest BCUT2D eigenvalue weighted by Crippen LogP contribution is 2.57. The van der Waals surface area contributed by atoms with E-state index < -0.39 is 104 Å². The molecular weight excluding hydrogens is 1120 g/mol. The van der Waals surface area contributed by atoms with Gasteiger partial charge in [0.2, 0.25) is 0 Å². The van der Waals surface area contributed by atoms with Gasteiger partial charge >= 0.3 is 22.8 Å². The number of H-pyrrole nitrogens is 3. The molecule has 16 atom stereocenters. The second-order valence-electron chi connectivity index (χ2n) is 21.2. The molecule has 11 rings (SSSR count). The Morgan fingerprint density at radius 1 is 0.582 bits per heavy atom. The topological polar surface area (TPSA) is 343 Å². The maximum absolute atomic E-state index is 11.9. The van der Waals surface area contributed by atoms with Crippen molar-refractivity contribution < 1.29 is 39.4 Å². The molecule has 7 fully saturated rings. The minimum atomic E-state index is -1.13. The molecule has 4 saturated heterocycles. The average molecular weight is 1190 g/mol. The lowest BCUT2D eigenvalue weighted by Gasteiger charge is -2.32. The van der Waals surface area contributed by atoms with E-state index in [-0.39, 0.29) is 59.1 Å². The summed E-state index contributed by atoms with van der Waals surface area (Å²) < 4.78 is 28.8. The minimum Gasteiger partial charge on any atom is -0.393 e. The first-order valence-electron chi connectivity index (χ1n) is 26.2. The number of aliphatic hydroxyl groups excluding tert-OH is 4.